The maximum Gasteiger partial charge on any atom is 0.239 e. The van der Waals surface area contributed by atoms with Crippen molar-refractivity contribution >= 4 is 17.4 Å². The lowest BCUT2D eigenvalue weighted by Crippen LogP contribution is -2.43. The fraction of sp³-hybridized carbons (Fsp3) is 0.538. The van der Waals surface area contributed by atoms with Gasteiger partial charge in [0.05, 0.1) is 18.4 Å². The highest BCUT2D eigenvalue weighted by molar-refractivity contribution is 5.91. The number of anilines is 2. The molecule has 2 heterocycles. The highest BCUT2D eigenvalue weighted by Gasteiger charge is 2.11. The van der Waals surface area contributed by atoms with E-state index in [2.05, 4.69) is 20.5 Å². The van der Waals surface area contributed by atoms with E-state index in [0.29, 0.717) is 12.4 Å². The van der Waals surface area contributed by atoms with E-state index in [1.54, 1.807) is 0 Å². The van der Waals surface area contributed by atoms with Crippen molar-refractivity contribution < 1.29 is 4.79 Å². The molecule has 0 radical (unpaired) electrons. The van der Waals surface area contributed by atoms with Gasteiger partial charge in [-0.3, -0.25) is 4.79 Å². The average Bonchev–Trinajstić information content (AvgIpc) is 2.39. The molecule has 1 fully saturated rings. The second-order valence-corrected chi connectivity index (χ2v) is 4.92. The molecule has 19 heavy (non-hydrogen) atoms. The van der Waals surface area contributed by atoms with Crippen LogP contribution in [0.25, 0.3) is 0 Å². The van der Waals surface area contributed by atoms with Crippen LogP contribution < -0.4 is 15.5 Å². The van der Waals surface area contributed by atoms with Crippen molar-refractivity contribution in [3.63, 3.8) is 0 Å². The van der Waals surface area contributed by atoms with Crippen LogP contribution in [0.4, 0.5) is 11.5 Å². The standard InChI is InChI=1S/C13H21N5O/c1-17(2)10-13(19)16-12-4-3-11(9-15-12)18-7-5-14-6-8-18/h3-4,9,14H,5-8,10H2,1-2H3,(H,15,16,19). The summed E-state index contributed by atoms with van der Waals surface area (Å²) in [6.07, 6.45) is 1.82. The number of carbonyl (C=O) groups is 1. The van der Waals surface area contributed by atoms with Crippen molar-refractivity contribution in [2.24, 2.45) is 0 Å². The van der Waals surface area contributed by atoms with Crippen molar-refractivity contribution in [3.8, 4) is 0 Å². The third kappa shape index (κ3) is 4.18. The third-order valence-electron chi connectivity index (χ3n) is 2.96. The highest BCUT2D eigenvalue weighted by Crippen LogP contribution is 2.15. The first-order chi connectivity index (χ1) is 9.15. The number of amides is 1. The van der Waals surface area contributed by atoms with Crippen LogP contribution in [0.2, 0.25) is 0 Å². The van der Waals surface area contributed by atoms with E-state index in [-0.39, 0.29) is 5.91 Å². The second kappa shape index (κ2) is 6.49. The van der Waals surface area contributed by atoms with E-state index < -0.39 is 0 Å². The van der Waals surface area contributed by atoms with Crippen molar-refractivity contribution in [1.82, 2.24) is 15.2 Å². The summed E-state index contributed by atoms with van der Waals surface area (Å²) in [5, 5.41) is 6.10. The summed E-state index contributed by atoms with van der Waals surface area (Å²) in [5.41, 5.74) is 1.10. The topological polar surface area (TPSA) is 60.5 Å². The molecule has 6 heteroatoms. The summed E-state index contributed by atoms with van der Waals surface area (Å²) in [7, 11) is 3.72. The lowest BCUT2D eigenvalue weighted by Gasteiger charge is -2.29. The predicted molar refractivity (Wildman–Crippen MR) is 76.5 cm³/mol. The van der Waals surface area contributed by atoms with Crippen LogP contribution in [-0.2, 0) is 4.79 Å². The predicted octanol–water partition coefficient (Wildman–Crippen LogP) is -0.00870. The van der Waals surface area contributed by atoms with Crippen molar-refractivity contribution in [2.75, 3.05) is 57.0 Å². The lowest BCUT2D eigenvalue weighted by atomic mass is 10.3. The van der Waals surface area contributed by atoms with Gasteiger partial charge in [-0.25, -0.2) is 4.98 Å². The third-order valence-corrected chi connectivity index (χ3v) is 2.96. The zero-order chi connectivity index (χ0) is 13.7. The zero-order valence-electron chi connectivity index (χ0n) is 11.5. The van der Waals surface area contributed by atoms with E-state index in [9.17, 15) is 4.79 Å². The van der Waals surface area contributed by atoms with Gasteiger partial charge in [0.15, 0.2) is 0 Å². The van der Waals surface area contributed by atoms with Gasteiger partial charge in [0, 0.05) is 26.2 Å². The summed E-state index contributed by atoms with van der Waals surface area (Å²) < 4.78 is 0. The fourth-order valence-corrected chi connectivity index (χ4v) is 2.04. The second-order valence-electron chi connectivity index (χ2n) is 4.92. The number of rotatable bonds is 4. The molecule has 0 atom stereocenters. The molecule has 1 aromatic heterocycles. The summed E-state index contributed by atoms with van der Waals surface area (Å²) in [6.45, 7) is 4.35. The Morgan fingerprint density at radius 3 is 2.74 bits per heavy atom. The van der Waals surface area contributed by atoms with Crippen LogP contribution in [0.5, 0.6) is 0 Å². The Labute approximate surface area is 113 Å². The number of nitrogens with one attached hydrogen (secondary N) is 2. The van der Waals surface area contributed by atoms with E-state index in [4.69, 9.17) is 0 Å². The molecule has 2 N–H and O–H groups in total. The van der Waals surface area contributed by atoms with Gasteiger partial charge in [-0.15, -0.1) is 0 Å². The molecule has 1 saturated heterocycles. The molecule has 0 bridgehead atoms. The Morgan fingerprint density at radius 2 is 2.16 bits per heavy atom. The fourth-order valence-electron chi connectivity index (χ4n) is 2.04. The first-order valence-electron chi connectivity index (χ1n) is 6.51. The van der Waals surface area contributed by atoms with Crippen molar-refractivity contribution in [3.05, 3.63) is 18.3 Å². The van der Waals surface area contributed by atoms with Gasteiger partial charge in [-0.1, -0.05) is 0 Å². The Kier molecular flexibility index (Phi) is 4.70. The van der Waals surface area contributed by atoms with Crippen molar-refractivity contribution in [2.45, 2.75) is 0 Å². The van der Waals surface area contributed by atoms with Gasteiger partial charge in [-0.2, -0.15) is 0 Å². The minimum Gasteiger partial charge on any atom is -0.368 e. The van der Waals surface area contributed by atoms with Gasteiger partial charge >= 0.3 is 0 Å². The number of likely N-dealkylation sites (N-methyl/N-ethyl adjacent to an activating group) is 1. The highest BCUT2D eigenvalue weighted by atomic mass is 16.2. The van der Waals surface area contributed by atoms with Gasteiger partial charge in [0.25, 0.3) is 0 Å². The summed E-state index contributed by atoms with van der Waals surface area (Å²) in [6, 6.07) is 3.86. The molecule has 2 rings (SSSR count). The quantitative estimate of drug-likeness (QED) is 0.800. The SMILES string of the molecule is CN(C)CC(=O)Nc1ccc(N2CCNCC2)cn1. The average molecular weight is 263 g/mol. The van der Waals surface area contributed by atoms with Gasteiger partial charge in [0.2, 0.25) is 5.91 Å². The van der Waals surface area contributed by atoms with Gasteiger partial charge in [0.1, 0.15) is 5.82 Å². The Hall–Kier alpha value is -1.66. The zero-order valence-corrected chi connectivity index (χ0v) is 11.5. The lowest BCUT2D eigenvalue weighted by molar-refractivity contribution is -0.116. The number of pyridine rings is 1. The number of aromatic nitrogens is 1. The normalized spacial score (nSPS) is 15.6. The van der Waals surface area contributed by atoms with Gasteiger partial charge < -0.3 is 20.4 Å². The molecule has 0 spiro atoms. The monoisotopic (exact) mass is 263 g/mol. The summed E-state index contributed by atoms with van der Waals surface area (Å²) in [5.74, 6) is 0.554. The number of carbonyl (C=O) groups excluding carboxylic acids is 1. The summed E-state index contributed by atoms with van der Waals surface area (Å²) >= 11 is 0. The molecule has 0 aromatic carbocycles. The Morgan fingerprint density at radius 1 is 1.42 bits per heavy atom. The van der Waals surface area contributed by atoms with Gasteiger partial charge in [-0.05, 0) is 26.2 Å². The largest absolute Gasteiger partial charge is 0.368 e. The molecule has 1 aliphatic rings. The van der Waals surface area contributed by atoms with Crippen LogP contribution in [-0.4, -0.2) is 62.6 Å². The number of hydrogen-bond donors (Lipinski definition) is 2. The minimum atomic E-state index is -0.0487. The van der Waals surface area contributed by atoms with Crippen LogP contribution in [0.15, 0.2) is 18.3 Å². The maximum atomic E-state index is 11.6. The molecule has 104 valence electrons. The number of piperazine rings is 1. The molecule has 0 unspecified atom stereocenters. The molecule has 6 nitrogen and oxygen atoms in total. The molecule has 0 aliphatic carbocycles. The maximum absolute atomic E-state index is 11.6. The first-order valence-corrected chi connectivity index (χ1v) is 6.51. The molecule has 1 amide bonds. The van der Waals surface area contributed by atoms with E-state index in [0.717, 1.165) is 31.9 Å². The molecular formula is C13H21N5O. The van der Waals surface area contributed by atoms with E-state index in [1.807, 2.05) is 37.3 Å². The minimum absolute atomic E-state index is 0.0487. The Bertz CT molecular complexity index is 412. The first kappa shape index (κ1) is 13.8. The molecule has 1 aromatic rings. The van der Waals surface area contributed by atoms with E-state index >= 15 is 0 Å². The van der Waals surface area contributed by atoms with Crippen LogP contribution in [0.3, 0.4) is 0 Å². The molecular weight excluding hydrogens is 242 g/mol. The molecule has 0 saturated carbocycles. The Balaban J connectivity index is 1.92. The number of hydrogen-bond acceptors (Lipinski definition) is 5. The smallest absolute Gasteiger partial charge is 0.239 e. The van der Waals surface area contributed by atoms with Crippen LogP contribution >= 0.6 is 0 Å². The van der Waals surface area contributed by atoms with Crippen LogP contribution in [0, 0.1) is 0 Å². The molecule has 1 aliphatic heterocycles. The van der Waals surface area contributed by atoms with Crippen LogP contribution in [0.1, 0.15) is 0 Å². The van der Waals surface area contributed by atoms with E-state index in [1.165, 1.54) is 0 Å². The summed E-state index contributed by atoms with van der Waals surface area (Å²) in [4.78, 5) is 20.0. The number of nitrogens with zero attached hydrogens (tertiary/aromatic N) is 3. The van der Waals surface area contributed by atoms with Crippen molar-refractivity contribution in [1.29, 1.82) is 0 Å².